The Morgan fingerprint density at radius 1 is 0.724 bits per heavy atom. The topological polar surface area (TPSA) is 91.7 Å². The van der Waals surface area contributed by atoms with E-state index in [9.17, 15) is 14.4 Å². The first-order valence-corrected chi connectivity index (χ1v) is 11.5. The van der Waals surface area contributed by atoms with E-state index in [2.05, 4.69) is 12.2 Å². The minimum atomic E-state index is -0.837. The lowest BCUT2D eigenvalue weighted by Gasteiger charge is -2.06. The van der Waals surface area contributed by atoms with Gasteiger partial charge in [0.2, 0.25) is 0 Å². The zero-order chi connectivity index (χ0) is 21.7. The van der Waals surface area contributed by atoms with Crippen molar-refractivity contribution < 1.29 is 24.6 Å². The van der Waals surface area contributed by atoms with Crippen molar-refractivity contribution in [2.75, 3.05) is 0 Å². The summed E-state index contributed by atoms with van der Waals surface area (Å²) in [5.41, 5.74) is 0. The Kier molecular flexibility index (Phi) is 18.5. The highest BCUT2D eigenvalue weighted by Gasteiger charge is 2.07. The van der Waals surface area contributed by atoms with Crippen molar-refractivity contribution in [3.05, 3.63) is 12.2 Å². The van der Waals surface area contributed by atoms with Crippen molar-refractivity contribution in [3.63, 3.8) is 0 Å². The second-order valence-electron chi connectivity index (χ2n) is 8.18. The van der Waals surface area contributed by atoms with Crippen LogP contribution in [0.1, 0.15) is 116 Å². The highest BCUT2D eigenvalue weighted by molar-refractivity contribution is 5.76. The van der Waals surface area contributed by atoms with Gasteiger partial charge in [-0.05, 0) is 44.9 Å². The summed E-state index contributed by atoms with van der Waals surface area (Å²) in [5.74, 6) is -0.550. The van der Waals surface area contributed by atoms with Gasteiger partial charge >= 0.3 is 11.9 Å². The molecule has 1 aliphatic rings. The van der Waals surface area contributed by atoms with E-state index < -0.39 is 11.9 Å². The first-order valence-electron chi connectivity index (χ1n) is 11.5. The Balaban J connectivity index is 0.000000734. The maximum atomic E-state index is 10.3. The molecule has 0 saturated carbocycles. The lowest BCUT2D eigenvalue weighted by Crippen LogP contribution is -1.96. The average molecular weight is 411 g/mol. The maximum absolute atomic E-state index is 10.3. The number of aliphatic carboxylic acids is 2. The molecule has 5 nitrogen and oxygen atoms in total. The number of hydrogen-bond acceptors (Lipinski definition) is 3. The molecular formula is C24H42O5. The van der Waals surface area contributed by atoms with E-state index in [0.29, 0.717) is 19.3 Å². The standard InChI is InChI=1S/C18H32O2.C6H10O3/c19-18(20)16-10-8-6-4-2-1-3-5-7-9-13-17-14-11-12-15-17;1-5(7)3-2-4-6(8)9/h11,14,17H,1-10,12-13,15-16H2,(H,19,20);2-4H2,1H3,(H,8,9)/t17-;/m1./s1. The monoisotopic (exact) mass is 410 g/mol. The van der Waals surface area contributed by atoms with Gasteiger partial charge in [0.15, 0.2) is 0 Å². The number of allylic oxidation sites excluding steroid dienone is 2. The van der Waals surface area contributed by atoms with E-state index in [4.69, 9.17) is 10.2 Å². The first-order chi connectivity index (χ1) is 13.9. The van der Waals surface area contributed by atoms with Crippen LogP contribution in [0.4, 0.5) is 0 Å². The molecule has 29 heavy (non-hydrogen) atoms. The Morgan fingerprint density at radius 2 is 1.21 bits per heavy atom. The SMILES string of the molecule is CC(=O)CCCC(=O)O.O=C(O)CCCCCCCCCCCC[C@@H]1C=CCC1. The van der Waals surface area contributed by atoms with Crippen LogP contribution in [0.15, 0.2) is 12.2 Å². The zero-order valence-corrected chi connectivity index (χ0v) is 18.4. The molecule has 0 spiro atoms. The third kappa shape index (κ3) is 22.5. The molecule has 0 aromatic carbocycles. The van der Waals surface area contributed by atoms with Crippen LogP contribution in [0, 0.1) is 5.92 Å². The van der Waals surface area contributed by atoms with Crippen molar-refractivity contribution in [2.45, 2.75) is 116 Å². The molecular weight excluding hydrogens is 368 g/mol. The van der Waals surface area contributed by atoms with E-state index in [-0.39, 0.29) is 12.2 Å². The van der Waals surface area contributed by atoms with Crippen LogP contribution < -0.4 is 0 Å². The van der Waals surface area contributed by atoms with Gasteiger partial charge in [0.05, 0.1) is 0 Å². The van der Waals surface area contributed by atoms with Gasteiger partial charge in [0, 0.05) is 19.3 Å². The third-order valence-electron chi connectivity index (χ3n) is 5.25. The fourth-order valence-electron chi connectivity index (χ4n) is 3.52. The predicted molar refractivity (Wildman–Crippen MR) is 117 cm³/mol. The summed E-state index contributed by atoms with van der Waals surface area (Å²) in [6.07, 6.45) is 22.8. The summed E-state index contributed by atoms with van der Waals surface area (Å²) in [5, 5.41) is 16.6. The number of carboxylic acids is 2. The molecule has 0 heterocycles. The number of rotatable bonds is 17. The van der Waals surface area contributed by atoms with Gasteiger partial charge in [0.1, 0.15) is 5.78 Å². The van der Waals surface area contributed by atoms with Gasteiger partial charge in [-0.25, -0.2) is 0 Å². The number of unbranched alkanes of at least 4 members (excludes halogenated alkanes) is 9. The average Bonchev–Trinajstić information content (AvgIpc) is 3.16. The molecule has 0 amide bonds. The minimum Gasteiger partial charge on any atom is -0.481 e. The second kappa shape index (κ2) is 19.7. The van der Waals surface area contributed by atoms with Crippen LogP contribution in [-0.4, -0.2) is 27.9 Å². The molecule has 1 aliphatic carbocycles. The summed E-state index contributed by atoms with van der Waals surface area (Å²) < 4.78 is 0. The summed E-state index contributed by atoms with van der Waals surface area (Å²) in [7, 11) is 0. The van der Waals surface area contributed by atoms with Crippen molar-refractivity contribution in [1.82, 2.24) is 0 Å². The lowest BCUT2D eigenvalue weighted by atomic mass is 9.99. The van der Waals surface area contributed by atoms with E-state index in [1.165, 1.54) is 77.6 Å². The number of hydrogen-bond donors (Lipinski definition) is 2. The summed E-state index contributed by atoms with van der Waals surface area (Å²) in [6, 6.07) is 0. The van der Waals surface area contributed by atoms with E-state index >= 15 is 0 Å². The number of carboxylic acid groups (broad SMARTS) is 2. The number of ketones is 1. The van der Waals surface area contributed by atoms with E-state index in [1.807, 2.05) is 0 Å². The quantitative estimate of drug-likeness (QED) is 0.209. The molecule has 168 valence electrons. The van der Waals surface area contributed by atoms with Crippen LogP contribution in [0.25, 0.3) is 0 Å². The Labute approximate surface area is 177 Å². The minimum absolute atomic E-state index is 0.0521. The normalized spacial score (nSPS) is 15.0. The number of Topliss-reactive ketones (excluding diaryl/α,β-unsaturated/α-hetero) is 1. The first kappa shape index (κ1) is 27.4. The fourth-order valence-corrected chi connectivity index (χ4v) is 3.52. The highest BCUT2D eigenvalue weighted by atomic mass is 16.4. The second-order valence-corrected chi connectivity index (χ2v) is 8.18. The molecule has 2 N–H and O–H groups in total. The molecule has 5 heteroatoms. The summed E-state index contributed by atoms with van der Waals surface area (Å²) in [4.78, 5) is 30.4. The van der Waals surface area contributed by atoms with Crippen LogP contribution in [0.5, 0.6) is 0 Å². The van der Waals surface area contributed by atoms with Crippen LogP contribution in [0.3, 0.4) is 0 Å². The zero-order valence-electron chi connectivity index (χ0n) is 18.4. The van der Waals surface area contributed by atoms with Crippen molar-refractivity contribution >= 4 is 17.7 Å². The predicted octanol–water partition coefficient (Wildman–Crippen LogP) is 6.55. The van der Waals surface area contributed by atoms with Gasteiger partial charge < -0.3 is 15.0 Å². The van der Waals surface area contributed by atoms with Crippen molar-refractivity contribution in [3.8, 4) is 0 Å². The summed E-state index contributed by atoms with van der Waals surface area (Å²) in [6.45, 7) is 1.46. The fraction of sp³-hybridized carbons (Fsp3) is 0.792. The van der Waals surface area contributed by atoms with Crippen LogP contribution >= 0.6 is 0 Å². The van der Waals surface area contributed by atoms with Gasteiger partial charge in [0.25, 0.3) is 0 Å². The van der Waals surface area contributed by atoms with Gasteiger partial charge in [-0.1, -0.05) is 69.9 Å². The molecule has 0 saturated heterocycles. The molecule has 0 aliphatic heterocycles. The summed E-state index contributed by atoms with van der Waals surface area (Å²) >= 11 is 0. The molecule has 1 atom stereocenters. The molecule has 0 bridgehead atoms. The number of carbonyl (C=O) groups is 3. The Hall–Kier alpha value is -1.65. The molecule has 0 unspecified atom stereocenters. The molecule has 0 aromatic rings. The Morgan fingerprint density at radius 3 is 1.66 bits per heavy atom. The van der Waals surface area contributed by atoms with Crippen LogP contribution in [-0.2, 0) is 14.4 Å². The molecule has 0 fully saturated rings. The third-order valence-corrected chi connectivity index (χ3v) is 5.25. The lowest BCUT2D eigenvalue weighted by molar-refractivity contribution is -0.138. The van der Waals surface area contributed by atoms with Gasteiger partial charge in [-0.3, -0.25) is 9.59 Å². The number of carbonyl (C=O) groups excluding carboxylic acids is 1. The maximum Gasteiger partial charge on any atom is 0.303 e. The van der Waals surface area contributed by atoms with Crippen molar-refractivity contribution in [1.29, 1.82) is 0 Å². The Bertz CT molecular complexity index is 456. The smallest absolute Gasteiger partial charge is 0.303 e. The highest BCUT2D eigenvalue weighted by Crippen LogP contribution is 2.23. The van der Waals surface area contributed by atoms with Crippen LogP contribution in [0.2, 0.25) is 0 Å². The molecule has 0 aromatic heterocycles. The van der Waals surface area contributed by atoms with Crippen molar-refractivity contribution in [2.24, 2.45) is 5.92 Å². The largest absolute Gasteiger partial charge is 0.481 e. The van der Waals surface area contributed by atoms with E-state index in [1.54, 1.807) is 0 Å². The van der Waals surface area contributed by atoms with Gasteiger partial charge in [-0.2, -0.15) is 0 Å². The van der Waals surface area contributed by atoms with E-state index in [0.717, 1.165) is 18.8 Å². The molecule has 0 radical (unpaired) electrons. The van der Waals surface area contributed by atoms with Gasteiger partial charge in [-0.15, -0.1) is 0 Å². The molecule has 1 rings (SSSR count).